The molecule has 0 radical (unpaired) electrons. The Kier molecular flexibility index (Phi) is 6.16. The van der Waals surface area contributed by atoms with Crippen molar-refractivity contribution in [2.24, 2.45) is 23.7 Å². The van der Waals surface area contributed by atoms with Crippen LogP contribution < -0.4 is 0 Å². The van der Waals surface area contributed by atoms with Gasteiger partial charge >= 0.3 is 0 Å². The Morgan fingerprint density at radius 1 is 1.12 bits per heavy atom. The SMILES string of the molecule is C=CC1CCC(C(C)CCC(C)CC)CC1. The summed E-state index contributed by atoms with van der Waals surface area (Å²) in [5.74, 6) is 3.69. The van der Waals surface area contributed by atoms with Crippen LogP contribution in [0.4, 0.5) is 0 Å². The molecular weight excluding hydrogens is 192 g/mol. The minimum absolute atomic E-state index is 0.818. The first-order chi connectivity index (χ1) is 7.67. The molecule has 2 atom stereocenters. The van der Waals surface area contributed by atoms with Crippen LogP contribution in [0.25, 0.3) is 0 Å². The summed E-state index contributed by atoms with van der Waals surface area (Å²) in [7, 11) is 0. The lowest BCUT2D eigenvalue weighted by Gasteiger charge is -2.31. The molecule has 94 valence electrons. The summed E-state index contributed by atoms with van der Waals surface area (Å²) in [4.78, 5) is 0. The van der Waals surface area contributed by atoms with Gasteiger partial charge in [-0.15, -0.1) is 6.58 Å². The van der Waals surface area contributed by atoms with Crippen LogP contribution in [0.15, 0.2) is 12.7 Å². The fourth-order valence-corrected chi connectivity index (χ4v) is 2.94. The maximum atomic E-state index is 3.92. The largest absolute Gasteiger partial charge is 0.103 e. The van der Waals surface area contributed by atoms with E-state index in [2.05, 4.69) is 33.4 Å². The Labute approximate surface area is 103 Å². The van der Waals surface area contributed by atoms with Gasteiger partial charge in [0.2, 0.25) is 0 Å². The fourth-order valence-electron chi connectivity index (χ4n) is 2.94. The van der Waals surface area contributed by atoms with Crippen molar-refractivity contribution in [1.82, 2.24) is 0 Å². The van der Waals surface area contributed by atoms with Gasteiger partial charge in [0.15, 0.2) is 0 Å². The molecule has 0 aromatic heterocycles. The normalized spacial score (nSPS) is 29.7. The van der Waals surface area contributed by atoms with Gasteiger partial charge in [0.25, 0.3) is 0 Å². The van der Waals surface area contributed by atoms with E-state index in [1.165, 1.54) is 44.9 Å². The van der Waals surface area contributed by atoms with Crippen molar-refractivity contribution in [2.45, 2.75) is 65.7 Å². The lowest BCUT2D eigenvalue weighted by atomic mass is 9.74. The minimum Gasteiger partial charge on any atom is -0.103 e. The summed E-state index contributed by atoms with van der Waals surface area (Å²) < 4.78 is 0. The molecule has 0 amide bonds. The highest BCUT2D eigenvalue weighted by Crippen LogP contribution is 2.36. The molecule has 0 bridgehead atoms. The first kappa shape index (κ1) is 13.8. The Bertz CT molecular complexity index is 186. The van der Waals surface area contributed by atoms with Gasteiger partial charge in [-0.25, -0.2) is 0 Å². The molecule has 0 nitrogen and oxygen atoms in total. The Morgan fingerprint density at radius 2 is 1.75 bits per heavy atom. The molecule has 0 N–H and O–H groups in total. The predicted octanol–water partition coefficient (Wildman–Crippen LogP) is 5.44. The van der Waals surface area contributed by atoms with Crippen LogP contribution in [0.3, 0.4) is 0 Å². The molecule has 1 rings (SSSR count). The van der Waals surface area contributed by atoms with E-state index in [1.54, 1.807) is 0 Å². The molecule has 1 aliphatic carbocycles. The summed E-state index contributed by atoms with van der Waals surface area (Å²) in [5.41, 5.74) is 0. The number of rotatable bonds is 6. The third-order valence-electron chi connectivity index (χ3n) is 4.77. The second-order valence-corrected chi connectivity index (χ2v) is 5.98. The Morgan fingerprint density at radius 3 is 2.25 bits per heavy atom. The summed E-state index contributed by atoms with van der Waals surface area (Å²) in [6.45, 7) is 11.1. The number of hydrogen-bond acceptors (Lipinski definition) is 0. The van der Waals surface area contributed by atoms with Crippen molar-refractivity contribution in [1.29, 1.82) is 0 Å². The van der Waals surface area contributed by atoms with Crippen molar-refractivity contribution in [3.63, 3.8) is 0 Å². The van der Waals surface area contributed by atoms with E-state index in [4.69, 9.17) is 0 Å². The molecule has 0 spiro atoms. The van der Waals surface area contributed by atoms with E-state index in [-0.39, 0.29) is 0 Å². The highest BCUT2D eigenvalue weighted by molar-refractivity contribution is 4.85. The first-order valence-electron chi connectivity index (χ1n) is 7.29. The molecule has 0 aromatic rings. The summed E-state index contributed by atoms with van der Waals surface area (Å²) >= 11 is 0. The van der Waals surface area contributed by atoms with E-state index >= 15 is 0 Å². The monoisotopic (exact) mass is 222 g/mol. The quantitative estimate of drug-likeness (QED) is 0.525. The third kappa shape index (κ3) is 4.31. The van der Waals surface area contributed by atoms with Crippen molar-refractivity contribution in [3.05, 3.63) is 12.7 Å². The standard InChI is InChI=1S/C16H30/c1-5-13(3)7-8-14(4)16-11-9-15(6-2)10-12-16/h6,13-16H,2,5,7-12H2,1,3-4H3. The molecule has 0 aromatic carbocycles. The zero-order valence-electron chi connectivity index (χ0n) is 11.5. The first-order valence-corrected chi connectivity index (χ1v) is 7.29. The van der Waals surface area contributed by atoms with Gasteiger partial charge in [0.1, 0.15) is 0 Å². The number of hydrogen-bond donors (Lipinski definition) is 0. The van der Waals surface area contributed by atoms with Crippen LogP contribution in [0.5, 0.6) is 0 Å². The second-order valence-electron chi connectivity index (χ2n) is 5.98. The highest BCUT2D eigenvalue weighted by Gasteiger charge is 2.23. The van der Waals surface area contributed by atoms with Crippen LogP contribution in [-0.4, -0.2) is 0 Å². The van der Waals surface area contributed by atoms with Gasteiger partial charge in [-0.2, -0.15) is 0 Å². The molecule has 16 heavy (non-hydrogen) atoms. The maximum absolute atomic E-state index is 3.92. The average Bonchev–Trinajstić information content (AvgIpc) is 2.35. The van der Waals surface area contributed by atoms with Crippen molar-refractivity contribution in [2.75, 3.05) is 0 Å². The zero-order valence-corrected chi connectivity index (χ0v) is 11.5. The van der Waals surface area contributed by atoms with E-state index in [9.17, 15) is 0 Å². The van der Waals surface area contributed by atoms with E-state index < -0.39 is 0 Å². The number of allylic oxidation sites excluding steroid dienone is 1. The topological polar surface area (TPSA) is 0 Å². The van der Waals surface area contributed by atoms with Gasteiger partial charge in [-0.05, 0) is 49.4 Å². The van der Waals surface area contributed by atoms with Gasteiger partial charge in [-0.3, -0.25) is 0 Å². The van der Waals surface area contributed by atoms with E-state index in [1.807, 2.05) is 0 Å². The van der Waals surface area contributed by atoms with Gasteiger partial charge in [0, 0.05) is 0 Å². The van der Waals surface area contributed by atoms with Crippen LogP contribution in [0, 0.1) is 23.7 Å². The summed E-state index contributed by atoms with van der Waals surface area (Å²) in [6.07, 6.45) is 12.0. The lowest BCUT2D eigenvalue weighted by molar-refractivity contribution is 0.217. The second kappa shape index (κ2) is 7.14. The molecule has 0 heterocycles. The van der Waals surface area contributed by atoms with Crippen LogP contribution in [-0.2, 0) is 0 Å². The average molecular weight is 222 g/mol. The van der Waals surface area contributed by atoms with Crippen molar-refractivity contribution >= 4 is 0 Å². The summed E-state index contributed by atoms with van der Waals surface area (Å²) in [5, 5.41) is 0. The molecule has 0 heteroatoms. The van der Waals surface area contributed by atoms with Crippen LogP contribution >= 0.6 is 0 Å². The smallest absolute Gasteiger partial charge is 0.0236 e. The Balaban J connectivity index is 2.22. The van der Waals surface area contributed by atoms with Crippen molar-refractivity contribution in [3.8, 4) is 0 Å². The molecular formula is C16H30. The lowest BCUT2D eigenvalue weighted by Crippen LogP contribution is -2.19. The van der Waals surface area contributed by atoms with Crippen molar-refractivity contribution < 1.29 is 0 Å². The molecule has 0 aliphatic heterocycles. The van der Waals surface area contributed by atoms with E-state index in [0.29, 0.717) is 0 Å². The molecule has 1 aliphatic rings. The predicted molar refractivity (Wildman–Crippen MR) is 73.5 cm³/mol. The van der Waals surface area contributed by atoms with Gasteiger partial charge < -0.3 is 0 Å². The van der Waals surface area contributed by atoms with Gasteiger partial charge in [-0.1, -0.05) is 46.1 Å². The van der Waals surface area contributed by atoms with Crippen LogP contribution in [0.1, 0.15) is 65.7 Å². The van der Waals surface area contributed by atoms with Gasteiger partial charge in [0.05, 0.1) is 0 Å². The fraction of sp³-hybridized carbons (Fsp3) is 0.875. The third-order valence-corrected chi connectivity index (χ3v) is 4.77. The minimum atomic E-state index is 0.818. The highest BCUT2D eigenvalue weighted by atomic mass is 14.3. The maximum Gasteiger partial charge on any atom is -0.0236 e. The molecule has 1 saturated carbocycles. The zero-order chi connectivity index (χ0) is 12.0. The molecule has 0 saturated heterocycles. The molecule has 2 unspecified atom stereocenters. The van der Waals surface area contributed by atoms with E-state index in [0.717, 1.165) is 23.7 Å². The molecule has 1 fully saturated rings. The van der Waals surface area contributed by atoms with Crippen LogP contribution in [0.2, 0.25) is 0 Å². The summed E-state index contributed by atoms with van der Waals surface area (Å²) in [6, 6.07) is 0. The Hall–Kier alpha value is -0.260.